The van der Waals surface area contributed by atoms with E-state index in [0.29, 0.717) is 46.5 Å². The number of pyridine rings is 1. The van der Waals surface area contributed by atoms with Gasteiger partial charge in [-0.15, -0.1) is 0 Å². The highest BCUT2D eigenvalue weighted by Gasteiger charge is 2.37. The van der Waals surface area contributed by atoms with E-state index in [2.05, 4.69) is 11.9 Å². The number of benzene rings is 3. The van der Waals surface area contributed by atoms with Gasteiger partial charge in [-0.1, -0.05) is 56.9 Å². The highest BCUT2D eigenvalue weighted by atomic mass is 19.4. The lowest BCUT2D eigenvalue weighted by molar-refractivity contribution is -0.142. The van der Waals surface area contributed by atoms with E-state index in [9.17, 15) is 22.0 Å². The van der Waals surface area contributed by atoms with E-state index in [1.54, 1.807) is 30.5 Å². The van der Waals surface area contributed by atoms with Crippen molar-refractivity contribution in [2.75, 3.05) is 6.61 Å². The Balaban J connectivity index is 1.42. The molecule has 0 aliphatic carbocycles. The van der Waals surface area contributed by atoms with Crippen LogP contribution in [-0.2, 0) is 19.0 Å². The Morgan fingerprint density at radius 1 is 0.795 bits per heavy atom. The van der Waals surface area contributed by atoms with Gasteiger partial charge >= 0.3 is 6.18 Å². The zero-order chi connectivity index (χ0) is 28.0. The summed E-state index contributed by atoms with van der Waals surface area (Å²) in [5.41, 5.74) is -0.0963. The second kappa shape index (κ2) is 12.5. The zero-order valence-electron chi connectivity index (χ0n) is 21.6. The third-order valence-corrected chi connectivity index (χ3v) is 6.65. The smallest absolute Gasteiger partial charge is 0.422 e. The standard InChI is InChI=1S/C31H29F6NO/c1-2-3-4-5-6-15-39-24-12-14-28(38-19-24)23-11-13-25-22(18-23)10-9-21(30(25)34)8-7-20-16-26(32)29(27(33)17-20)31(35,36)37/h9-14,16-19H,2-8,15H2,1H3. The van der Waals surface area contributed by atoms with E-state index in [0.717, 1.165) is 18.4 Å². The Morgan fingerprint density at radius 2 is 1.54 bits per heavy atom. The number of halogens is 6. The SMILES string of the molecule is CCCCCCCOc1ccc(-c2ccc3c(F)c(CCc4cc(F)c(C(F)(F)F)c(F)c4)ccc3c2)nc1. The second-order valence-corrected chi connectivity index (χ2v) is 9.55. The summed E-state index contributed by atoms with van der Waals surface area (Å²) >= 11 is 0. The normalized spacial score (nSPS) is 11.8. The number of nitrogens with zero attached hydrogens (tertiary/aromatic N) is 1. The molecule has 2 nitrogen and oxygen atoms in total. The van der Waals surface area contributed by atoms with Crippen molar-refractivity contribution in [3.05, 3.63) is 94.9 Å². The zero-order valence-corrected chi connectivity index (χ0v) is 21.6. The minimum absolute atomic E-state index is 0.0165. The van der Waals surface area contributed by atoms with Crippen molar-refractivity contribution < 1.29 is 31.1 Å². The number of hydrogen-bond donors (Lipinski definition) is 0. The molecule has 1 aromatic heterocycles. The highest BCUT2D eigenvalue weighted by Crippen LogP contribution is 2.34. The molecular formula is C31H29F6NO. The Morgan fingerprint density at radius 3 is 2.21 bits per heavy atom. The van der Waals surface area contributed by atoms with Crippen molar-refractivity contribution >= 4 is 10.8 Å². The Kier molecular flexibility index (Phi) is 9.15. The molecule has 0 spiro atoms. The number of rotatable bonds is 11. The average Bonchev–Trinajstić information content (AvgIpc) is 2.89. The molecule has 39 heavy (non-hydrogen) atoms. The van der Waals surface area contributed by atoms with Crippen LogP contribution < -0.4 is 4.74 Å². The van der Waals surface area contributed by atoms with Gasteiger partial charge in [0.2, 0.25) is 0 Å². The number of alkyl halides is 3. The van der Waals surface area contributed by atoms with Gasteiger partial charge in [0.1, 0.15) is 28.8 Å². The Bertz CT molecular complexity index is 1390. The van der Waals surface area contributed by atoms with Crippen molar-refractivity contribution in [1.29, 1.82) is 0 Å². The van der Waals surface area contributed by atoms with Crippen LogP contribution in [0.25, 0.3) is 22.0 Å². The minimum atomic E-state index is -5.13. The summed E-state index contributed by atoms with van der Waals surface area (Å²) < 4.78 is 87.1. The molecule has 0 amide bonds. The van der Waals surface area contributed by atoms with E-state index in [4.69, 9.17) is 4.74 Å². The van der Waals surface area contributed by atoms with Crippen molar-refractivity contribution in [3.8, 4) is 17.0 Å². The van der Waals surface area contributed by atoms with E-state index in [-0.39, 0.29) is 18.4 Å². The maximum absolute atomic E-state index is 15.2. The van der Waals surface area contributed by atoms with Gasteiger partial charge in [-0.2, -0.15) is 13.2 Å². The summed E-state index contributed by atoms with van der Waals surface area (Å²) in [5.74, 6) is -3.15. The van der Waals surface area contributed by atoms with Crippen molar-refractivity contribution in [2.45, 2.75) is 58.0 Å². The molecule has 0 saturated heterocycles. The summed E-state index contributed by atoms with van der Waals surface area (Å²) in [7, 11) is 0. The quantitative estimate of drug-likeness (QED) is 0.138. The summed E-state index contributed by atoms with van der Waals surface area (Å²) in [6.07, 6.45) is 2.36. The first kappa shape index (κ1) is 28.5. The third-order valence-electron chi connectivity index (χ3n) is 6.65. The highest BCUT2D eigenvalue weighted by molar-refractivity contribution is 5.88. The molecule has 0 aliphatic heterocycles. The van der Waals surface area contributed by atoms with E-state index in [1.165, 1.54) is 19.3 Å². The van der Waals surface area contributed by atoms with Crippen LogP contribution in [0.15, 0.2) is 60.8 Å². The predicted octanol–water partition coefficient (Wildman–Crippen LogP) is 9.47. The second-order valence-electron chi connectivity index (χ2n) is 9.55. The lowest BCUT2D eigenvalue weighted by atomic mass is 9.97. The molecule has 0 aliphatic rings. The number of aromatic nitrogens is 1. The minimum Gasteiger partial charge on any atom is -0.492 e. The van der Waals surface area contributed by atoms with Crippen LogP contribution in [0, 0.1) is 17.5 Å². The van der Waals surface area contributed by atoms with Crippen molar-refractivity contribution in [1.82, 2.24) is 4.98 Å². The van der Waals surface area contributed by atoms with Gasteiger partial charge < -0.3 is 4.74 Å². The first-order chi connectivity index (χ1) is 18.7. The van der Waals surface area contributed by atoms with Gasteiger partial charge in [0.25, 0.3) is 0 Å². The molecule has 206 valence electrons. The summed E-state index contributed by atoms with van der Waals surface area (Å²) in [5, 5.41) is 1.01. The maximum Gasteiger partial charge on any atom is 0.422 e. The monoisotopic (exact) mass is 545 g/mol. The molecule has 8 heteroatoms. The molecular weight excluding hydrogens is 516 g/mol. The van der Waals surface area contributed by atoms with Crippen LogP contribution in [0.2, 0.25) is 0 Å². The Labute approximate surface area is 223 Å². The van der Waals surface area contributed by atoms with Gasteiger partial charge in [0, 0.05) is 10.9 Å². The van der Waals surface area contributed by atoms with E-state index >= 15 is 4.39 Å². The third kappa shape index (κ3) is 7.11. The summed E-state index contributed by atoms with van der Waals surface area (Å²) in [6.45, 7) is 2.82. The van der Waals surface area contributed by atoms with Crippen LogP contribution in [0.1, 0.15) is 55.7 Å². The molecule has 3 aromatic carbocycles. The topological polar surface area (TPSA) is 22.1 Å². The van der Waals surface area contributed by atoms with Crippen LogP contribution in [0.5, 0.6) is 5.75 Å². The first-order valence-electron chi connectivity index (χ1n) is 13.0. The van der Waals surface area contributed by atoms with Crippen molar-refractivity contribution in [3.63, 3.8) is 0 Å². The fraction of sp³-hybridized carbons (Fsp3) is 0.323. The lowest BCUT2D eigenvalue weighted by Crippen LogP contribution is -2.12. The molecule has 1 heterocycles. The van der Waals surface area contributed by atoms with Crippen LogP contribution in [0.4, 0.5) is 26.3 Å². The predicted molar refractivity (Wildman–Crippen MR) is 140 cm³/mol. The number of ether oxygens (including phenoxy) is 1. The average molecular weight is 546 g/mol. The maximum atomic E-state index is 15.2. The number of aryl methyl sites for hydroxylation is 2. The molecule has 0 radical (unpaired) electrons. The first-order valence-corrected chi connectivity index (χ1v) is 13.0. The largest absolute Gasteiger partial charge is 0.492 e. The molecule has 0 fully saturated rings. The molecule has 0 saturated carbocycles. The van der Waals surface area contributed by atoms with Gasteiger partial charge in [-0.3, -0.25) is 4.98 Å². The van der Waals surface area contributed by atoms with Crippen LogP contribution in [-0.4, -0.2) is 11.6 Å². The molecule has 0 unspecified atom stereocenters. The molecule has 0 atom stereocenters. The fourth-order valence-corrected chi connectivity index (χ4v) is 4.54. The molecule has 4 rings (SSSR count). The number of unbranched alkanes of at least 4 members (excludes halogenated alkanes) is 4. The molecule has 4 aromatic rings. The van der Waals surface area contributed by atoms with E-state index < -0.39 is 29.2 Å². The van der Waals surface area contributed by atoms with Crippen LogP contribution in [0.3, 0.4) is 0 Å². The molecule has 0 N–H and O–H groups in total. The van der Waals surface area contributed by atoms with Gasteiger partial charge in [0.15, 0.2) is 0 Å². The van der Waals surface area contributed by atoms with Gasteiger partial charge in [-0.25, -0.2) is 13.2 Å². The van der Waals surface area contributed by atoms with Crippen LogP contribution >= 0.6 is 0 Å². The van der Waals surface area contributed by atoms with Crippen molar-refractivity contribution in [2.24, 2.45) is 0 Å². The van der Waals surface area contributed by atoms with Gasteiger partial charge in [-0.05, 0) is 66.1 Å². The van der Waals surface area contributed by atoms with E-state index in [1.807, 2.05) is 18.2 Å². The number of fused-ring (bicyclic) bond motifs is 1. The Hall–Kier alpha value is -3.55. The fourth-order valence-electron chi connectivity index (χ4n) is 4.54. The summed E-state index contributed by atoms with van der Waals surface area (Å²) in [4.78, 5) is 4.47. The number of hydrogen-bond acceptors (Lipinski definition) is 2. The molecule has 0 bridgehead atoms. The van der Waals surface area contributed by atoms with Gasteiger partial charge in [0.05, 0.1) is 18.5 Å². The lowest BCUT2D eigenvalue weighted by Gasteiger charge is -2.12. The summed E-state index contributed by atoms with van der Waals surface area (Å²) in [6, 6.07) is 13.5.